The zero-order valence-corrected chi connectivity index (χ0v) is 21.2. The van der Waals surface area contributed by atoms with Gasteiger partial charge in [0, 0.05) is 30.7 Å². The fourth-order valence-electron chi connectivity index (χ4n) is 5.12. The van der Waals surface area contributed by atoms with Gasteiger partial charge in [0.1, 0.15) is 12.4 Å². The number of hydrogen-bond acceptors (Lipinski definition) is 10. The predicted octanol–water partition coefficient (Wildman–Crippen LogP) is 2.26. The second-order valence-corrected chi connectivity index (χ2v) is 12.0. The van der Waals surface area contributed by atoms with Gasteiger partial charge < -0.3 is 24.4 Å². The van der Waals surface area contributed by atoms with Crippen molar-refractivity contribution >= 4 is 39.1 Å². The van der Waals surface area contributed by atoms with Crippen molar-refractivity contribution in [1.29, 1.82) is 0 Å². The Kier molecular flexibility index (Phi) is 5.07. The summed E-state index contributed by atoms with van der Waals surface area (Å²) in [5.74, 6) is 1.16. The maximum Gasteiger partial charge on any atom is 0.309 e. The third kappa shape index (κ3) is 3.93. The molecule has 3 aliphatic heterocycles. The Balaban J connectivity index is 1.56. The van der Waals surface area contributed by atoms with Gasteiger partial charge in [-0.1, -0.05) is 0 Å². The van der Waals surface area contributed by atoms with Crippen LogP contribution in [0.5, 0.6) is 0 Å². The summed E-state index contributed by atoms with van der Waals surface area (Å²) in [5, 5.41) is 7.88. The van der Waals surface area contributed by atoms with Gasteiger partial charge >= 0.3 is 6.01 Å². The minimum Gasteiger partial charge on any atom is -0.428 e. The Bertz CT molecular complexity index is 1290. The lowest BCUT2D eigenvalue weighted by Gasteiger charge is -2.39. The average Bonchev–Trinajstić information content (AvgIpc) is 3.21. The van der Waals surface area contributed by atoms with E-state index in [9.17, 15) is 8.42 Å². The molecule has 4 heterocycles. The number of aromatic nitrogens is 1. The van der Waals surface area contributed by atoms with E-state index in [-0.39, 0.29) is 22.5 Å². The van der Waals surface area contributed by atoms with Crippen LogP contribution in [0.3, 0.4) is 0 Å². The normalized spacial score (nSPS) is 25.1. The van der Waals surface area contributed by atoms with Gasteiger partial charge in [-0.2, -0.15) is 0 Å². The summed E-state index contributed by atoms with van der Waals surface area (Å²) in [6.45, 7) is 10.5. The fourth-order valence-corrected chi connectivity index (χ4v) is 6.62. The van der Waals surface area contributed by atoms with Gasteiger partial charge in [0.15, 0.2) is 0 Å². The Labute approximate surface area is 205 Å². The number of piperazine rings is 1. The van der Waals surface area contributed by atoms with Gasteiger partial charge in [0.05, 0.1) is 34.7 Å². The predicted molar refractivity (Wildman–Crippen MR) is 133 cm³/mol. The molecule has 0 amide bonds. The summed E-state index contributed by atoms with van der Waals surface area (Å²) in [5.41, 5.74) is 2.02. The van der Waals surface area contributed by atoms with E-state index in [0.29, 0.717) is 36.6 Å². The number of oxazole rings is 1. The number of rotatable bonds is 5. The third-order valence-electron chi connectivity index (χ3n) is 6.94. The lowest BCUT2D eigenvalue weighted by Crippen LogP contribution is -2.54. The molecule has 1 saturated carbocycles. The molecular formula is C23H31N7O4S. The molecule has 12 heteroatoms. The standard InChI is InChI=1S/C23H31N7O4S/c1-14-12-28(13-15(2)25-14)18-9-17(35(31,32)27-23(4)5-6-23)10-19-20(18)29-7-8-33-26-21(29)30(19)22-24-11-16(3)34-22/h9-11,14-15,25,27H,5-8,12-13H2,1-4H3. The first-order valence-electron chi connectivity index (χ1n) is 12.1. The first-order chi connectivity index (χ1) is 16.6. The van der Waals surface area contributed by atoms with Crippen LogP contribution in [-0.4, -0.2) is 63.2 Å². The highest BCUT2D eigenvalue weighted by molar-refractivity contribution is 7.89. The van der Waals surface area contributed by atoms with Crippen LogP contribution in [0.4, 0.5) is 23.1 Å². The molecule has 2 aromatic rings. The Hall–Kier alpha value is -2.83. The molecule has 2 atom stereocenters. The number of aryl methyl sites for hydroxylation is 1. The minimum atomic E-state index is -3.76. The van der Waals surface area contributed by atoms with Crippen LogP contribution in [0.1, 0.15) is 39.4 Å². The molecule has 0 spiro atoms. The molecule has 0 radical (unpaired) electrons. The number of nitrogens with one attached hydrogen (secondary N) is 2. The Morgan fingerprint density at radius 3 is 2.54 bits per heavy atom. The van der Waals surface area contributed by atoms with Crippen molar-refractivity contribution in [2.24, 2.45) is 5.16 Å². The highest BCUT2D eigenvalue weighted by atomic mass is 32.2. The summed E-state index contributed by atoms with van der Waals surface area (Å²) < 4.78 is 35.9. The van der Waals surface area contributed by atoms with Crippen LogP contribution in [0.15, 0.2) is 32.8 Å². The molecule has 1 aromatic carbocycles. The number of sulfonamides is 1. The Morgan fingerprint density at radius 1 is 1.17 bits per heavy atom. The number of guanidine groups is 1. The molecule has 2 N–H and O–H groups in total. The van der Waals surface area contributed by atoms with Crippen LogP contribution >= 0.6 is 0 Å². The summed E-state index contributed by atoms with van der Waals surface area (Å²) in [4.78, 5) is 16.2. The van der Waals surface area contributed by atoms with Crippen molar-refractivity contribution in [1.82, 2.24) is 15.0 Å². The zero-order chi connectivity index (χ0) is 24.5. The van der Waals surface area contributed by atoms with Gasteiger partial charge in [-0.3, -0.25) is 0 Å². The SMILES string of the molecule is Cc1cnc(N2C3=NOCCN3c3c(N4CC(C)NC(C)C4)cc(S(=O)(=O)NC4(C)CC4)cc32)o1. The van der Waals surface area contributed by atoms with Crippen LogP contribution in [0.25, 0.3) is 0 Å². The number of hydrogen-bond donors (Lipinski definition) is 2. The number of oxime groups is 1. The fraction of sp³-hybridized carbons (Fsp3) is 0.565. The second-order valence-electron chi connectivity index (χ2n) is 10.3. The van der Waals surface area contributed by atoms with E-state index in [1.165, 1.54) is 0 Å². The molecule has 1 saturated heterocycles. The molecule has 35 heavy (non-hydrogen) atoms. The van der Waals surface area contributed by atoms with Crippen molar-refractivity contribution in [3.8, 4) is 0 Å². The molecule has 6 rings (SSSR count). The van der Waals surface area contributed by atoms with E-state index in [0.717, 1.165) is 37.3 Å². The summed E-state index contributed by atoms with van der Waals surface area (Å²) in [7, 11) is -3.76. The van der Waals surface area contributed by atoms with Crippen LogP contribution in [0.2, 0.25) is 0 Å². The number of benzene rings is 1. The number of fused-ring (bicyclic) bond motifs is 3. The number of anilines is 4. The first-order valence-corrected chi connectivity index (χ1v) is 13.5. The third-order valence-corrected chi connectivity index (χ3v) is 8.56. The summed E-state index contributed by atoms with van der Waals surface area (Å²) in [6.07, 6.45) is 3.31. The topological polar surface area (TPSA) is 116 Å². The van der Waals surface area contributed by atoms with Crippen LogP contribution in [-0.2, 0) is 14.9 Å². The molecule has 188 valence electrons. The highest BCUT2D eigenvalue weighted by Gasteiger charge is 2.45. The quantitative estimate of drug-likeness (QED) is 0.636. The second kappa shape index (κ2) is 7.84. The Morgan fingerprint density at radius 2 is 1.89 bits per heavy atom. The highest BCUT2D eigenvalue weighted by Crippen LogP contribution is 2.50. The van der Waals surface area contributed by atoms with Crippen molar-refractivity contribution in [2.45, 2.75) is 63.1 Å². The molecule has 4 aliphatic rings. The largest absolute Gasteiger partial charge is 0.428 e. The lowest BCUT2D eigenvalue weighted by molar-refractivity contribution is 0.142. The maximum atomic E-state index is 13.5. The maximum absolute atomic E-state index is 13.5. The van der Waals surface area contributed by atoms with E-state index in [1.807, 2.05) is 13.8 Å². The van der Waals surface area contributed by atoms with Gasteiger partial charge in [-0.25, -0.2) is 23.0 Å². The van der Waals surface area contributed by atoms with Gasteiger partial charge in [-0.05, 0) is 57.8 Å². The zero-order valence-electron chi connectivity index (χ0n) is 20.4. The van der Waals surface area contributed by atoms with E-state index in [1.54, 1.807) is 23.2 Å². The van der Waals surface area contributed by atoms with Gasteiger partial charge in [0.2, 0.25) is 10.0 Å². The minimum absolute atomic E-state index is 0.216. The van der Waals surface area contributed by atoms with Crippen molar-refractivity contribution in [3.05, 3.63) is 24.1 Å². The van der Waals surface area contributed by atoms with Gasteiger partial charge in [-0.15, -0.1) is 0 Å². The molecule has 11 nitrogen and oxygen atoms in total. The molecule has 0 bridgehead atoms. The molecule has 2 fully saturated rings. The average molecular weight is 502 g/mol. The van der Waals surface area contributed by atoms with E-state index >= 15 is 0 Å². The monoisotopic (exact) mass is 501 g/mol. The van der Waals surface area contributed by atoms with Crippen molar-refractivity contribution < 1.29 is 17.7 Å². The van der Waals surface area contributed by atoms with Crippen LogP contribution < -0.4 is 24.7 Å². The lowest BCUT2D eigenvalue weighted by atomic mass is 10.1. The van der Waals surface area contributed by atoms with E-state index in [4.69, 9.17) is 9.25 Å². The molecule has 1 aromatic heterocycles. The van der Waals surface area contributed by atoms with E-state index < -0.39 is 10.0 Å². The van der Waals surface area contributed by atoms with E-state index in [2.05, 4.69) is 43.8 Å². The summed E-state index contributed by atoms with van der Waals surface area (Å²) in [6, 6.07) is 4.32. The molecular weight excluding hydrogens is 470 g/mol. The van der Waals surface area contributed by atoms with Crippen molar-refractivity contribution in [3.63, 3.8) is 0 Å². The summed E-state index contributed by atoms with van der Waals surface area (Å²) >= 11 is 0. The molecule has 2 unspecified atom stereocenters. The smallest absolute Gasteiger partial charge is 0.309 e. The van der Waals surface area contributed by atoms with Crippen LogP contribution in [0, 0.1) is 6.92 Å². The first kappa shape index (κ1) is 22.6. The number of nitrogens with zero attached hydrogens (tertiary/aromatic N) is 5. The van der Waals surface area contributed by atoms with Crippen molar-refractivity contribution in [2.75, 3.05) is 40.9 Å². The van der Waals surface area contributed by atoms with Gasteiger partial charge in [0.25, 0.3) is 5.96 Å². The molecule has 1 aliphatic carbocycles.